The lowest BCUT2D eigenvalue weighted by Gasteiger charge is -2.29. The second kappa shape index (κ2) is 10.8. The Bertz CT molecular complexity index is 1360. The number of anilines is 1. The van der Waals surface area contributed by atoms with Gasteiger partial charge in [-0.2, -0.15) is 0 Å². The summed E-state index contributed by atoms with van der Waals surface area (Å²) in [5.41, 5.74) is 3.25. The fourth-order valence-electron chi connectivity index (χ4n) is 4.43. The van der Waals surface area contributed by atoms with Crippen molar-refractivity contribution in [2.45, 2.75) is 37.1 Å². The van der Waals surface area contributed by atoms with Crippen molar-refractivity contribution in [2.75, 3.05) is 25.1 Å². The minimum atomic E-state index is -4.11. The zero-order chi connectivity index (χ0) is 25.9. The fourth-order valence-corrected chi connectivity index (χ4v) is 6.02. The zero-order valence-electron chi connectivity index (χ0n) is 20.5. The predicted octanol–water partition coefficient (Wildman–Crippen LogP) is 5.05. The van der Waals surface area contributed by atoms with E-state index in [4.69, 9.17) is 21.1 Å². The molecule has 4 rings (SSSR count). The first-order valence-electron chi connectivity index (χ1n) is 11.6. The molecule has 1 unspecified atom stereocenters. The largest absolute Gasteiger partial charge is 0.497 e. The van der Waals surface area contributed by atoms with Gasteiger partial charge in [-0.15, -0.1) is 0 Å². The number of nitrogens with zero attached hydrogens (tertiary/aromatic N) is 1. The van der Waals surface area contributed by atoms with Crippen molar-refractivity contribution >= 4 is 33.2 Å². The maximum absolute atomic E-state index is 13.8. The Morgan fingerprint density at radius 2 is 1.81 bits per heavy atom. The summed E-state index contributed by atoms with van der Waals surface area (Å²) in [7, 11) is -1.05. The van der Waals surface area contributed by atoms with E-state index in [0.717, 1.165) is 46.0 Å². The molecule has 0 heterocycles. The molecule has 1 amide bonds. The average molecular weight is 529 g/mol. The number of carbonyl (C=O) groups is 1. The van der Waals surface area contributed by atoms with Crippen LogP contribution in [0.1, 0.15) is 35.6 Å². The van der Waals surface area contributed by atoms with E-state index in [-0.39, 0.29) is 22.4 Å². The van der Waals surface area contributed by atoms with Crippen molar-refractivity contribution in [1.29, 1.82) is 0 Å². The van der Waals surface area contributed by atoms with E-state index in [1.807, 2.05) is 25.1 Å². The van der Waals surface area contributed by atoms with Crippen LogP contribution in [0.2, 0.25) is 5.02 Å². The van der Waals surface area contributed by atoms with Crippen LogP contribution in [-0.4, -0.2) is 35.1 Å². The Labute approximate surface area is 217 Å². The SMILES string of the molecule is COc1ccc2c(c1)CCCC2NC(=O)CN(c1cc(Cl)ccc1OC)S(=O)(=O)c1ccc(C)cc1. The lowest BCUT2D eigenvalue weighted by Crippen LogP contribution is -2.42. The van der Waals surface area contributed by atoms with Crippen LogP contribution in [0.3, 0.4) is 0 Å². The van der Waals surface area contributed by atoms with Crippen molar-refractivity contribution in [1.82, 2.24) is 5.32 Å². The molecule has 3 aromatic rings. The van der Waals surface area contributed by atoms with Gasteiger partial charge in [0.15, 0.2) is 0 Å². The summed E-state index contributed by atoms with van der Waals surface area (Å²) < 4.78 is 39.3. The summed E-state index contributed by atoms with van der Waals surface area (Å²) in [4.78, 5) is 13.4. The summed E-state index contributed by atoms with van der Waals surface area (Å²) in [5.74, 6) is 0.628. The normalized spacial score (nSPS) is 15.1. The van der Waals surface area contributed by atoms with Crippen LogP contribution in [0.25, 0.3) is 0 Å². The average Bonchev–Trinajstić information content (AvgIpc) is 2.87. The van der Waals surface area contributed by atoms with Gasteiger partial charge in [-0.05, 0) is 79.8 Å². The van der Waals surface area contributed by atoms with Gasteiger partial charge in [0.25, 0.3) is 10.0 Å². The maximum Gasteiger partial charge on any atom is 0.264 e. The number of ether oxygens (including phenoxy) is 2. The van der Waals surface area contributed by atoms with Crippen LogP contribution in [-0.2, 0) is 21.2 Å². The van der Waals surface area contributed by atoms with Crippen LogP contribution < -0.4 is 19.1 Å². The highest BCUT2D eigenvalue weighted by Crippen LogP contribution is 2.36. The third kappa shape index (κ3) is 5.44. The number of aryl methyl sites for hydroxylation is 2. The Balaban J connectivity index is 1.67. The Kier molecular flexibility index (Phi) is 7.76. The number of halogens is 1. The highest BCUT2D eigenvalue weighted by atomic mass is 35.5. The van der Waals surface area contributed by atoms with E-state index in [9.17, 15) is 13.2 Å². The minimum Gasteiger partial charge on any atom is -0.497 e. The number of methoxy groups -OCH3 is 2. The monoisotopic (exact) mass is 528 g/mol. The molecule has 3 aromatic carbocycles. The molecule has 190 valence electrons. The smallest absolute Gasteiger partial charge is 0.264 e. The molecule has 0 aliphatic heterocycles. The second-order valence-electron chi connectivity index (χ2n) is 8.72. The number of fused-ring (bicyclic) bond motifs is 1. The number of carbonyl (C=O) groups excluding carboxylic acids is 1. The van der Waals surface area contributed by atoms with Crippen LogP contribution in [0.15, 0.2) is 65.6 Å². The van der Waals surface area contributed by atoms with E-state index >= 15 is 0 Å². The molecular formula is C27H29ClN2O5S. The lowest BCUT2D eigenvalue weighted by molar-refractivity contribution is -0.120. The summed E-state index contributed by atoms with van der Waals surface area (Å²) >= 11 is 6.22. The van der Waals surface area contributed by atoms with Gasteiger partial charge in [0.2, 0.25) is 5.91 Å². The van der Waals surface area contributed by atoms with E-state index < -0.39 is 22.5 Å². The number of amides is 1. The number of sulfonamides is 1. The summed E-state index contributed by atoms with van der Waals surface area (Å²) in [5, 5.41) is 3.36. The van der Waals surface area contributed by atoms with Crippen LogP contribution >= 0.6 is 11.6 Å². The molecule has 0 bridgehead atoms. The molecule has 0 radical (unpaired) electrons. The Morgan fingerprint density at radius 3 is 2.50 bits per heavy atom. The van der Waals surface area contributed by atoms with Crippen molar-refractivity contribution in [3.63, 3.8) is 0 Å². The van der Waals surface area contributed by atoms with E-state index in [1.165, 1.54) is 25.3 Å². The second-order valence-corrected chi connectivity index (χ2v) is 11.0. The first kappa shape index (κ1) is 25.9. The molecule has 1 aliphatic carbocycles. The van der Waals surface area contributed by atoms with Gasteiger partial charge in [-0.1, -0.05) is 35.4 Å². The molecule has 1 aliphatic rings. The zero-order valence-corrected chi connectivity index (χ0v) is 22.0. The molecule has 1 N–H and O–H groups in total. The van der Waals surface area contributed by atoms with E-state index in [0.29, 0.717) is 5.02 Å². The lowest BCUT2D eigenvalue weighted by atomic mass is 9.87. The predicted molar refractivity (Wildman–Crippen MR) is 141 cm³/mol. The third-order valence-corrected chi connectivity index (χ3v) is 8.31. The fraction of sp³-hybridized carbons (Fsp3) is 0.296. The van der Waals surface area contributed by atoms with E-state index in [1.54, 1.807) is 31.4 Å². The molecule has 7 nitrogen and oxygen atoms in total. The van der Waals surface area contributed by atoms with Crippen molar-refractivity contribution in [3.05, 3.63) is 82.4 Å². The van der Waals surface area contributed by atoms with E-state index in [2.05, 4.69) is 5.32 Å². The quantitative estimate of drug-likeness (QED) is 0.442. The molecule has 1 atom stereocenters. The number of rotatable bonds is 8. The van der Waals surface area contributed by atoms with Crippen molar-refractivity contribution in [3.8, 4) is 11.5 Å². The van der Waals surface area contributed by atoms with Crippen LogP contribution in [0.4, 0.5) is 5.69 Å². The van der Waals surface area contributed by atoms with Gasteiger partial charge in [0.1, 0.15) is 18.0 Å². The van der Waals surface area contributed by atoms with Crippen LogP contribution in [0.5, 0.6) is 11.5 Å². The minimum absolute atomic E-state index is 0.0676. The van der Waals surface area contributed by atoms with Gasteiger partial charge in [-0.3, -0.25) is 9.10 Å². The molecule has 0 saturated heterocycles. The molecule has 0 saturated carbocycles. The highest BCUT2D eigenvalue weighted by molar-refractivity contribution is 7.92. The maximum atomic E-state index is 13.8. The molecule has 0 aromatic heterocycles. The van der Waals surface area contributed by atoms with Crippen molar-refractivity contribution < 1.29 is 22.7 Å². The summed E-state index contributed by atoms with van der Waals surface area (Å²) in [6.45, 7) is 1.44. The van der Waals surface area contributed by atoms with Gasteiger partial charge < -0.3 is 14.8 Å². The number of hydrogen-bond acceptors (Lipinski definition) is 5. The number of nitrogens with one attached hydrogen (secondary N) is 1. The topological polar surface area (TPSA) is 84.9 Å². The summed E-state index contributed by atoms with van der Waals surface area (Å²) in [6.07, 6.45) is 2.56. The number of benzene rings is 3. The number of hydrogen-bond donors (Lipinski definition) is 1. The third-order valence-electron chi connectivity index (χ3n) is 6.31. The summed E-state index contributed by atoms with van der Waals surface area (Å²) in [6, 6.07) is 16.7. The van der Waals surface area contributed by atoms with Gasteiger partial charge in [0.05, 0.1) is 30.8 Å². The van der Waals surface area contributed by atoms with Gasteiger partial charge in [-0.25, -0.2) is 8.42 Å². The molecule has 36 heavy (non-hydrogen) atoms. The van der Waals surface area contributed by atoms with Crippen molar-refractivity contribution in [2.24, 2.45) is 0 Å². The van der Waals surface area contributed by atoms with Crippen LogP contribution in [0, 0.1) is 6.92 Å². The molecule has 9 heteroatoms. The Morgan fingerprint density at radius 1 is 1.06 bits per heavy atom. The Hall–Kier alpha value is -3.23. The van der Waals surface area contributed by atoms with Gasteiger partial charge in [0, 0.05) is 5.02 Å². The molecular weight excluding hydrogens is 500 g/mol. The molecule has 0 fully saturated rings. The van der Waals surface area contributed by atoms with Gasteiger partial charge >= 0.3 is 0 Å². The molecule has 0 spiro atoms. The first-order chi connectivity index (χ1) is 17.2. The first-order valence-corrected chi connectivity index (χ1v) is 13.4. The highest BCUT2D eigenvalue weighted by Gasteiger charge is 2.31. The standard InChI is InChI=1S/C27H29ClN2O5S/c1-18-7-11-22(12-8-18)36(32,33)30(25-16-20(28)9-14-26(25)35-3)17-27(31)29-24-6-4-5-19-15-21(34-2)10-13-23(19)24/h7-16,24H,4-6,17H2,1-3H3,(H,29,31).